The SMILES string of the molecule is Nc1cc(Cl)ccc1SCCC(=O)N1CCCC1. The molecule has 1 aliphatic rings. The molecule has 1 saturated heterocycles. The van der Waals surface area contributed by atoms with Crippen LogP contribution in [0, 0.1) is 0 Å². The van der Waals surface area contributed by atoms with Gasteiger partial charge in [0.1, 0.15) is 0 Å². The maximum absolute atomic E-state index is 11.8. The molecule has 1 aliphatic heterocycles. The highest BCUT2D eigenvalue weighted by atomic mass is 35.5. The lowest BCUT2D eigenvalue weighted by Gasteiger charge is -2.14. The fraction of sp³-hybridized carbons (Fsp3) is 0.462. The molecule has 3 nitrogen and oxygen atoms in total. The van der Waals surface area contributed by atoms with Gasteiger partial charge in [-0.05, 0) is 31.0 Å². The smallest absolute Gasteiger partial charge is 0.223 e. The van der Waals surface area contributed by atoms with Gasteiger partial charge < -0.3 is 10.6 Å². The normalized spacial score (nSPS) is 15.1. The van der Waals surface area contributed by atoms with Crippen molar-refractivity contribution in [3.05, 3.63) is 23.2 Å². The first kappa shape index (κ1) is 13.6. The van der Waals surface area contributed by atoms with E-state index in [1.165, 1.54) is 0 Å². The lowest BCUT2D eigenvalue weighted by molar-refractivity contribution is -0.129. The van der Waals surface area contributed by atoms with Crippen LogP contribution < -0.4 is 5.73 Å². The highest BCUT2D eigenvalue weighted by molar-refractivity contribution is 7.99. The van der Waals surface area contributed by atoms with E-state index in [1.54, 1.807) is 17.8 Å². The van der Waals surface area contributed by atoms with Crippen LogP contribution in [0.2, 0.25) is 5.02 Å². The molecular weight excluding hydrogens is 268 g/mol. The van der Waals surface area contributed by atoms with E-state index in [9.17, 15) is 4.79 Å². The van der Waals surface area contributed by atoms with Gasteiger partial charge in [0.15, 0.2) is 0 Å². The molecule has 0 radical (unpaired) electrons. The van der Waals surface area contributed by atoms with Gasteiger partial charge in [0.25, 0.3) is 0 Å². The first-order valence-electron chi connectivity index (χ1n) is 6.12. The Morgan fingerprint density at radius 1 is 1.39 bits per heavy atom. The lowest BCUT2D eigenvalue weighted by atomic mass is 10.3. The van der Waals surface area contributed by atoms with Crippen LogP contribution >= 0.6 is 23.4 Å². The van der Waals surface area contributed by atoms with E-state index < -0.39 is 0 Å². The molecule has 18 heavy (non-hydrogen) atoms. The minimum absolute atomic E-state index is 0.257. The van der Waals surface area contributed by atoms with Gasteiger partial charge in [-0.1, -0.05) is 11.6 Å². The minimum Gasteiger partial charge on any atom is -0.398 e. The molecule has 0 atom stereocenters. The van der Waals surface area contributed by atoms with Crippen molar-refractivity contribution in [3.8, 4) is 0 Å². The van der Waals surface area contributed by atoms with E-state index in [0.717, 1.165) is 36.6 Å². The zero-order valence-electron chi connectivity index (χ0n) is 10.2. The molecule has 1 amide bonds. The van der Waals surface area contributed by atoms with Crippen molar-refractivity contribution in [3.63, 3.8) is 0 Å². The molecule has 1 aromatic rings. The number of nitrogen functional groups attached to an aromatic ring is 1. The topological polar surface area (TPSA) is 46.3 Å². The number of rotatable bonds is 4. The summed E-state index contributed by atoms with van der Waals surface area (Å²) in [5, 5.41) is 0.644. The minimum atomic E-state index is 0.257. The maximum atomic E-state index is 11.8. The molecular formula is C13H17ClN2OS. The monoisotopic (exact) mass is 284 g/mol. The summed E-state index contributed by atoms with van der Waals surface area (Å²) >= 11 is 7.45. The number of benzene rings is 1. The Bertz CT molecular complexity index is 433. The average molecular weight is 285 g/mol. The van der Waals surface area contributed by atoms with Crippen LogP contribution in [0.5, 0.6) is 0 Å². The number of halogens is 1. The Hall–Kier alpha value is -0.870. The molecule has 0 aliphatic carbocycles. The molecule has 1 aromatic carbocycles. The number of likely N-dealkylation sites (tertiary alicyclic amines) is 1. The van der Waals surface area contributed by atoms with Gasteiger partial charge in [-0.25, -0.2) is 0 Å². The second-order valence-corrected chi connectivity index (χ2v) is 5.94. The third kappa shape index (κ3) is 3.56. The van der Waals surface area contributed by atoms with Crippen molar-refractivity contribution < 1.29 is 4.79 Å². The molecule has 0 spiro atoms. The summed E-state index contributed by atoms with van der Waals surface area (Å²) < 4.78 is 0. The quantitative estimate of drug-likeness (QED) is 0.683. The fourth-order valence-corrected chi connectivity index (χ4v) is 3.09. The van der Waals surface area contributed by atoms with Crippen LogP contribution in [0.1, 0.15) is 19.3 Å². The van der Waals surface area contributed by atoms with Gasteiger partial charge in [-0.3, -0.25) is 4.79 Å². The molecule has 5 heteroatoms. The Balaban J connectivity index is 1.79. The van der Waals surface area contributed by atoms with E-state index >= 15 is 0 Å². The first-order chi connectivity index (χ1) is 8.66. The molecule has 1 heterocycles. The number of carbonyl (C=O) groups is 1. The van der Waals surface area contributed by atoms with E-state index in [-0.39, 0.29) is 5.91 Å². The largest absolute Gasteiger partial charge is 0.398 e. The van der Waals surface area contributed by atoms with Crippen molar-refractivity contribution in [2.75, 3.05) is 24.6 Å². The van der Waals surface area contributed by atoms with Crippen LogP contribution in [0.15, 0.2) is 23.1 Å². The summed E-state index contributed by atoms with van der Waals surface area (Å²) in [4.78, 5) is 14.8. The zero-order valence-corrected chi connectivity index (χ0v) is 11.8. The zero-order chi connectivity index (χ0) is 13.0. The third-order valence-electron chi connectivity index (χ3n) is 3.00. The summed E-state index contributed by atoms with van der Waals surface area (Å²) in [5.41, 5.74) is 6.54. The molecule has 0 saturated carbocycles. The predicted molar refractivity (Wildman–Crippen MR) is 77.0 cm³/mol. The summed E-state index contributed by atoms with van der Waals surface area (Å²) in [5.74, 6) is 1.02. The highest BCUT2D eigenvalue weighted by Crippen LogP contribution is 2.28. The molecule has 0 unspecified atom stereocenters. The Labute approximate surface area is 117 Å². The number of carbonyl (C=O) groups excluding carboxylic acids is 1. The lowest BCUT2D eigenvalue weighted by Crippen LogP contribution is -2.27. The van der Waals surface area contributed by atoms with Gasteiger partial charge in [0.2, 0.25) is 5.91 Å². The predicted octanol–water partition coefficient (Wildman–Crippen LogP) is 3.03. The number of nitrogens with zero attached hydrogens (tertiary/aromatic N) is 1. The number of hydrogen-bond donors (Lipinski definition) is 1. The van der Waals surface area contributed by atoms with E-state index in [2.05, 4.69) is 0 Å². The summed E-state index contributed by atoms with van der Waals surface area (Å²) in [6.45, 7) is 1.85. The second-order valence-electron chi connectivity index (χ2n) is 4.37. The van der Waals surface area contributed by atoms with Crippen molar-refractivity contribution in [2.24, 2.45) is 0 Å². The number of hydrogen-bond acceptors (Lipinski definition) is 3. The van der Waals surface area contributed by atoms with Crippen LogP contribution in [0.25, 0.3) is 0 Å². The molecule has 2 rings (SSSR count). The van der Waals surface area contributed by atoms with Crippen molar-refractivity contribution in [1.29, 1.82) is 0 Å². The van der Waals surface area contributed by atoms with Crippen LogP contribution in [-0.4, -0.2) is 29.6 Å². The fourth-order valence-electron chi connectivity index (χ4n) is 2.02. The molecule has 98 valence electrons. The molecule has 2 N–H and O–H groups in total. The van der Waals surface area contributed by atoms with Crippen molar-refractivity contribution >= 4 is 35.0 Å². The summed E-state index contributed by atoms with van der Waals surface area (Å²) in [7, 11) is 0. The molecule has 0 bridgehead atoms. The van der Waals surface area contributed by atoms with E-state index in [1.807, 2.05) is 17.0 Å². The van der Waals surface area contributed by atoms with Crippen LogP contribution in [0.3, 0.4) is 0 Å². The van der Waals surface area contributed by atoms with Gasteiger partial charge in [-0.15, -0.1) is 11.8 Å². The average Bonchev–Trinajstić information content (AvgIpc) is 2.85. The van der Waals surface area contributed by atoms with Crippen molar-refractivity contribution in [2.45, 2.75) is 24.2 Å². The Kier molecular flexibility index (Phi) is 4.78. The van der Waals surface area contributed by atoms with E-state index in [0.29, 0.717) is 17.1 Å². The second kappa shape index (κ2) is 6.34. The van der Waals surface area contributed by atoms with Gasteiger partial charge in [0, 0.05) is 40.9 Å². The van der Waals surface area contributed by atoms with Crippen LogP contribution in [0.4, 0.5) is 5.69 Å². The maximum Gasteiger partial charge on any atom is 0.223 e. The van der Waals surface area contributed by atoms with Gasteiger partial charge >= 0.3 is 0 Å². The summed E-state index contributed by atoms with van der Waals surface area (Å²) in [6, 6.07) is 5.47. The van der Waals surface area contributed by atoms with Gasteiger partial charge in [0.05, 0.1) is 0 Å². The number of nitrogens with two attached hydrogens (primary N) is 1. The highest BCUT2D eigenvalue weighted by Gasteiger charge is 2.17. The Morgan fingerprint density at radius 3 is 2.78 bits per heavy atom. The first-order valence-corrected chi connectivity index (χ1v) is 7.49. The number of anilines is 1. The summed E-state index contributed by atoms with van der Waals surface area (Å²) in [6.07, 6.45) is 2.86. The molecule has 0 aromatic heterocycles. The third-order valence-corrected chi connectivity index (χ3v) is 4.33. The Morgan fingerprint density at radius 2 is 2.11 bits per heavy atom. The standard InChI is InChI=1S/C13H17ClN2OS/c14-10-3-4-12(11(15)9-10)18-8-5-13(17)16-6-1-2-7-16/h3-4,9H,1-2,5-8,15H2. The van der Waals surface area contributed by atoms with Gasteiger partial charge in [-0.2, -0.15) is 0 Å². The molecule has 1 fully saturated rings. The number of amides is 1. The number of thioether (sulfide) groups is 1. The van der Waals surface area contributed by atoms with Crippen molar-refractivity contribution in [1.82, 2.24) is 4.90 Å². The van der Waals surface area contributed by atoms with Crippen LogP contribution in [-0.2, 0) is 4.79 Å². The van der Waals surface area contributed by atoms with E-state index in [4.69, 9.17) is 17.3 Å².